The second-order valence-electron chi connectivity index (χ2n) is 5.94. The van der Waals surface area contributed by atoms with Crippen LogP contribution >= 0.6 is 0 Å². The first kappa shape index (κ1) is 17.5. The van der Waals surface area contributed by atoms with Crippen molar-refractivity contribution in [2.45, 2.75) is 25.7 Å². The van der Waals surface area contributed by atoms with Crippen LogP contribution in [0.25, 0.3) is 0 Å². The van der Waals surface area contributed by atoms with Gasteiger partial charge in [-0.2, -0.15) is 10.2 Å². The van der Waals surface area contributed by atoms with Crippen LogP contribution in [0.4, 0.5) is 0 Å². The molecule has 0 saturated heterocycles. The Morgan fingerprint density at radius 3 is 1.42 bits per heavy atom. The molecule has 0 aliphatic heterocycles. The van der Waals surface area contributed by atoms with Crippen LogP contribution in [0, 0.1) is 0 Å². The lowest BCUT2D eigenvalue weighted by atomic mass is 9.96. The Labute approximate surface area is 152 Å². The van der Waals surface area contributed by atoms with Crippen LogP contribution < -0.4 is 10.9 Å². The summed E-state index contributed by atoms with van der Waals surface area (Å²) in [5.41, 5.74) is 7.64. The molecule has 6 nitrogen and oxygen atoms in total. The van der Waals surface area contributed by atoms with Crippen molar-refractivity contribution < 1.29 is 9.59 Å². The van der Waals surface area contributed by atoms with Crippen LogP contribution in [0.3, 0.4) is 0 Å². The zero-order valence-electron chi connectivity index (χ0n) is 14.3. The number of carbonyl (C=O) groups is 2. The molecule has 1 fully saturated rings. The summed E-state index contributed by atoms with van der Waals surface area (Å²) in [5, 5.41) is 8.45. The van der Waals surface area contributed by atoms with E-state index in [-0.39, 0.29) is 11.8 Å². The van der Waals surface area contributed by atoms with Gasteiger partial charge in [-0.25, -0.2) is 10.9 Å². The van der Waals surface area contributed by atoms with Gasteiger partial charge in [0, 0.05) is 11.1 Å². The molecule has 1 aliphatic rings. The van der Waals surface area contributed by atoms with E-state index in [1.54, 1.807) is 48.5 Å². The summed E-state index contributed by atoms with van der Waals surface area (Å²) in [5.74, 6) is -0.535. The topological polar surface area (TPSA) is 82.9 Å². The highest BCUT2D eigenvalue weighted by Gasteiger charge is 2.17. The lowest BCUT2D eigenvalue weighted by Gasteiger charge is -2.15. The summed E-state index contributed by atoms with van der Waals surface area (Å²) in [7, 11) is 0. The molecule has 0 radical (unpaired) electrons. The summed E-state index contributed by atoms with van der Waals surface area (Å²) < 4.78 is 0. The zero-order valence-corrected chi connectivity index (χ0v) is 14.3. The summed E-state index contributed by atoms with van der Waals surface area (Å²) in [6, 6.07) is 17.8. The quantitative estimate of drug-likeness (QED) is 0.832. The van der Waals surface area contributed by atoms with E-state index < -0.39 is 0 Å². The van der Waals surface area contributed by atoms with Crippen molar-refractivity contribution in [3.8, 4) is 0 Å². The van der Waals surface area contributed by atoms with E-state index in [1.165, 1.54) is 0 Å². The molecule has 0 heterocycles. The molecule has 0 unspecified atom stereocenters. The summed E-state index contributed by atoms with van der Waals surface area (Å²) >= 11 is 0. The molecule has 2 aromatic carbocycles. The van der Waals surface area contributed by atoms with Crippen molar-refractivity contribution in [1.82, 2.24) is 10.9 Å². The second kappa shape index (κ2) is 8.71. The molecule has 0 atom stereocenters. The Balaban J connectivity index is 1.67. The Bertz CT molecular complexity index is 758. The molecular weight excluding hydrogens is 328 g/mol. The minimum absolute atomic E-state index is 0.267. The number of benzene rings is 2. The second-order valence-corrected chi connectivity index (χ2v) is 5.94. The van der Waals surface area contributed by atoms with Gasteiger partial charge in [-0.05, 0) is 49.9 Å². The van der Waals surface area contributed by atoms with Crippen molar-refractivity contribution in [2.75, 3.05) is 0 Å². The van der Waals surface area contributed by atoms with Gasteiger partial charge in [-0.1, -0.05) is 36.4 Å². The number of hydrogen-bond donors (Lipinski definition) is 2. The highest BCUT2D eigenvalue weighted by Crippen LogP contribution is 2.13. The lowest BCUT2D eigenvalue weighted by molar-refractivity contribution is 0.0946. The Hall–Kier alpha value is -3.28. The van der Waals surface area contributed by atoms with Crippen molar-refractivity contribution in [2.24, 2.45) is 10.2 Å². The molecule has 26 heavy (non-hydrogen) atoms. The maximum atomic E-state index is 12.1. The van der Waals surface area contributed by atoms with Crippen molar-refractivity contribution in [3.63, 3.8) is 0 Å². The molecular formula is C20H20N4O2. The third kappa shape index (κ3) is 4.63. The molecule has 3 rings (SSSR count). The Kier molecular flexibility index (Phi) is 5.88. The fourth-order valence-electron chi connectivity index (χ4n) is 2.66. The number of hydrogen-bond acceptors (Lipinski definition) is 4. The number of nitrogens with one attached hydrogen (secondary N) is 2. The number of carbonyl (C=O) groups excluding carboxylic acids is 2. The van der Waals surface area contributed by atoms with Crippen LogP contribution in [0.5, 0.6) is 0 Å². The predicted octanol–water partition coefficient (Wildman–Crippen LogP) is 3.13. The van der Waals surface area contributed by atoms with E-state index in [1.807, 2.05) is 12.1 Å². The molecule has 0 spiro atoms. The molecule has 2 amide bonds. The van der Waals surface area contributed by atoms with Gasteiger partial charge in [-0.15, -0.1) is 0 Å². The minimum atomic E-state index is -0.267. The van der Waals surface area contributed by atoms with Gasteiger partial charge in [-0.3, -0.25) is 9.59 Å². The predicted molar refractivity (Wildman–Crippen MR) is 101 cm³/mol. The van der Waals surface area contributed by atoms with Gasteiger partial charge < -0.3 is 0 Å². The standard InChI is InChI=1S/C20H20N4O2/c25-19(15-9-3-1-4-10-15)23-21-17-13-7-8-14-18(17)22-24-20(26)16-11-5-2-6-12-16/h1-6,9-12H,7-8,13-14H2,(H,23,25)(H,24,26)/b21-17-,22-18+. The SMILES string of the molecule is O=C(N/N=C1/CCCC/C1=N\NC(=O)c1ccccc1)c1ccccc1. The average Bonchev–Trinajstić information content (AvgIpc) is 2.72. The van der Waals surface area contributed by atoms with Crippen LogP contribution in [0.2, 0.25) is 0 Å². The van der Waals surface area contributed by atoms with Gasteiger partial charge in [0.25, 0.3) is 11.8 Å². The largest absolute Gasteiger partial charge is 0.271 e. The molecule has 6 heteroatoms. The van der Waals surface area contributed by atoms with E-state index in [0.717, 1.165) is 25.7 Å². The molecule has 1 aliphatic carbocycles. The summed E-state index contributed by atoms with van der Waals surface area (Å²) in [6.07, 6.45) is 3.39. The number of nitrogens with zero attached hydrogens (tertiary/aromatic N) is 2. The maximum absolute atomic E-state index is 12.1. The van der Waals surface area contributed by atoms with Gasteiger partial charge in [0.05, 0.1) is 11.4 Å². The van der Waals surface area contributed by atoms with Gasteiger partial charge in [0.15, 0.2) is 0 Å². The highest BCUT2D eigenvalue weighted by atomic mass is 16.2. The van der Waals surface area contributed by atoms with Crippen LogP contribution in [-0.2, 0) is 0 Å². The lowest BCUT2D eigenvalue weighted by Crippen LogP contribution is -2.28. The van der Waals surface area contributed by atoms with Crippen LogP contribution in [-0.4, -0.2) is 23.2 Å². The third-order valence-electron chi connectivity index (χ3n) is 4.07. The highest BCUT2D eigenvalue weighted by molar-refractivity contribution is 6.43. The minimum Gasteiger partial charge on any atom is -0.267 e. The molecule has 2 N–H and O–H groups in total. The smallest absolute Gasteiger partial charge is 0.267 e. The fourth-order valence-corrected chi connectivity index (χ4v) is 2.66. The van der Waals surface area contributed by atoms with E-state index in [0.29, 0.717) is 22.6 Å². The van der Waals surface area contributed by atoms with Crippen molar-refractivity contribution >= 4 is 23.2 Å². The number of amides is 2. The first-order valence-corrected chi connectivity index (χ1v) is 8.58. The van der Waals surface area contributed by atoms with Gasteiger partial charge >= 0.3 is 0 Å². The number of hydrazone groups is 2. The summed E-state index contributed by atoms with van der Waals surface area (Å²) in [6.45, 7) is 0. The maximum Gasteiger partial charge on any atom is 0.271 e. The van der Waals surface area contributed by atoms with E-state index in [2.05, 4.69) is 21.1 Å². The number of rotatable bonds is 4. The van der Waals surface area contributed by atoms with Gasteiger partial charge in [0.1, 0.15) is 0 Å². The van der Waals surface area contributed by atoms with E-state index in [4.69, 9.17) is 0 Å². The van der Waals surface area contributed by atoms with Crippen molar-refractivity contribution in [3.05, 3.63) is 71.8 Å². The summed E-state index contributed by atoms with van der Waals surface area (Å²) in [4.78, 5) is 24.2. The monoisotopic (exact) mass is 348 g/mol. The normalized spacial score (nSPS) is 17.1. The molecule has 2 aromatic rings. The molecule has 132 valence electrons. The van der Waals surface area contributed by atoms with E-state index >= 15 is 0 Å². The fraction of sp³-hybridized carbons (Fsp3) is 0.200. The molecule has 0 aromatic heterocycles. The van der Waals surface area contributed by atoms with E-state index in [9.17, 15) is 9.59 Å². The average molecular weight is 348 g/mol. The zero-order chi connectivity index (χ0) is 18.2. The molecule has 1 saturated carbocycles. The van der Waals surface area contributed by atoms with Crippen LogP contribution in [0.1, 0.15) is 46.4 Å². The molecule has 0 bridgehead atoms. The first-order valence-electron chi connectivity index (χ1n) is 8.58. The van der Waals surface area contributed by atoms with Gasteiger partial charge in [0.2, 0.25) is 0 Å². The Morgan fingerprint density at radius 2 is 1.04 bits per heavy atom. The first-order chi connectivity index (χ1) is 12.7. The van der Waals surface area contributed by atoms with Crippen molar-refractivity contribution in [1.29, 1.82) is 0 Å². The Morgan fingerprint density at radius 1 is 0.654 bits per heavy atom. The third-order valence-corrected chi connectivity index (χ3v) is 4.07. The van der Waals surface area contributed by atoms with Crippen LogP contribution in [0.15, 0.2) is 70.9 Å².